The molecule has 0 spiro atoms. The number of quaternary nitrogens is 1. The Morgan fingerprint density at radius 2 is 1.93 bits per heavy atom. The summed E-state index contributed by atoms with van der Waals surface area (Å²) in [5.41, 5.74) is 0.953. The Balaban J connectivity index is 2.08. The van der Waals surface area contributed by atoms with Crippen molar-refractivity contribution in [3.8, 4) is 0 Å². The van der Waals surface area contributed by atoms with Crippen molar-refractivity contribution in [1.29, 1.82) is 0 Å². The van der Waals surface area contributed by atoms with Gasteiger partial charge in [-0.05, 0) is 35.4 Å². The van der Waals surface area contributed by atoms with Gasteiger partial charge in [0.2, 0.25) is 5.78 Å². The van der Waals surface area contributed by atoms with Gasteiger partial charge in [0.05, 0.1) is 26.7 Å². The molecular weight excluding hydrogens is 378 g/mol. The standard InChI is InChI=1S/C21H22ClN3O3/c1-24(2)11-4-12-25-18(15-5-3-6-16(22)13-15)17(20(27)21(25)28)19(26)14-7-9-23-10-8-14/h3,5-10,13,18,26H,4,11-12H2,1-2H3. The summed E-state index contributed by atoms with van der Waals surface area (Å²) in [6.45, 7) is 1.23. The lowest BCUT2D eigenvalue weighted by Crippen LogP contribution is -3.05. The molecule has 1 aromatic heterocycles. The Bertz CT molecular complexity index is 912. The van der Waals surface area contributed by atoms with E-state index in [-0.39, 0.29) is 5.57 Å². The fourth-order valence-electron chi connectivity index (χ4n) is 3.39. The Labute approximate surface area is 169 Å². The predicted octanol–water partition coefficient (Wildman–Crippen LogP) is 0.494. The number of carbonyl (C=O) groups excluding carboxylic acids is 2. The number of amides is 1. The average molecular weight is 400 g/mol. The van der Waals surface area contributed by atoms with Crippen LogP contribution in [0.3, 0.4) is 0 Å². The van der Waals surface area contributed by atoms with Gasteiger partial charge in [0.1, 0.15) is 0 Å². The van der Waals surface area contributed by atoms with Crippen molar-refractivity contribution in [3.63, 3.8) is 0 Å². The Hall–Kier alpha value is -2.70. The van der Waals surface area contributed by atoms with Crippen molar-refractivity contribution >= 4 is 29.1 Å². The number of nitrogens with zero attached hydrogens (tertiary/aromatic N) is 2. The molecule has 1 N–H and O–H groups in total. The molecule has 0 radical (unpaired) electrons. The number of nitrogens with one attached hydrogen (secondary N) is 1. The van der Waals surface area contributed by atoms with E-state index in [0.29, 0.717) is 22.7 Å². The maximum Gasteiger partial charge on any atom is 0.295 e. The predicted molar refractivity (Wildman–Crippen MR) is 104 cm³/mol. The second-order valence-electron chi connectivity index (χ2n) is 7.07. The molecule has 0 bridgehead atoms. The normalized spacial score (nSPS) is 18.9. The van der Waals surface area contributed by atoms with Gasteiger partial charge in [-0.25, -0.2) is 0 Å². The fourth-order valence-corrected chi connectivity index (χ4v) is 3.58. The molecule has 0 saturated carbocycles. The number of rotatable bonds is 6. The first kappa shape index (κ1) is 20.0. The summed E-state index contributed by atoms with van der Waals surface area (Å²) in [5.74, 6) is -1.84. The molecule has 1 aliphatic rings. The van der Waals surface area contributed by atoms with Crippen LogP contribution in [0.2, 0.25) is 5.02 Å². The van der Waals surface area contributed by atoms with Gasteiger partial charge in [0, 0.05) is 36.0 Å². The monoisotopic (exact) mass is 399 g/mol. The van der Waals surface area contributed by atoms with E-state index in [1.54, 1.807) is 36.4 Å². The molecule has 1 aliphatic heterocycles. The molecule has 1 unspecified atom stereocenters. The second-order valence-corrected chi connectivity index (χ2v) is 7.51. The van der Waals surface area contributed by atoms with Crippen LogP contribution in [-0.4, -0.2) is 48.8 Å². The highest BCUT2D eigenvalue weighted by Crippen LogP contribution is 2.39. The van der Waals surface area contributed by atoms with Crippen LogP contribution in [0.5, 0.6) is 0 Å². The number of carbonyl (C=O) groups is 2. The molecule has 3 rings (SSSR count). The summed E-state index contributed by atoms with van der Waals surface area (Å²) >= 11 is 6.14. The van der Waals surface area contributed by atoms with Crippen molar-refractivity contribution in [2.75, 3.05) is 27.2 Å². The highest BCUT2D eigenvalue weighted by molar-refractivity contribution is 6.46. The molecule has 2 aromatic rings. The van der Waals surface area contributed by atoms with E-state index >= 15 is 0 Å². The number of benzene rings is 1. The van der Waals surface area contributed by atoms with E-state index < -0.39 is 23.5 Å². The van der Waals surface area contributed by atoms with E-state index in [9.17, 15) is 14.7 Å². The molecule has 1 amide bonds. The third-order valence-electron chi connectivity index (χ3n) is 4.71. The van der Waals surface area contributed by atoms with Gasteiger partial charge in [0.25, 0.3) is 5.91 Å². The molecular formula is C21H22ClN3O3. The minimum atomic E-state index is -0.746. The lowest BCUT2D eigenvalue weighted by Gasteiger charge is -2.27. The van der Waals surface area contributed by atoms with Crippen molar-refractivity contribution in [3.05, 3.63) is 70.5 Å². The van der Waals surface area contributed by atoms with Crippen LogP contribution in [0.25, 0.3) is 5.76 Å². The Kier molecular flexibility index (Phi) is 6.11. The second kappa shape index (κ2) is 8.54. The molecule has 1 atom stereocenters. The number of aromatic nitrogens is 1. The van der Waals surface area contributed by atoms with E-state index in [4.69, 9.17) is 11.6 Å². The zero-order valence-electron chi connectivity index (χ0n) is 15.8. The van der Waals surface area contributed by atoms with Gasteiger partial charge in [-0.1, -0.05) is 29.5 Å². The van der Waals surface area contributed by atoms with Crippen LogP contribution in [0.4, 0.5) is 0 Å². The highest BCUT2D eigenvalue weighted by Gasteiger charge is 2.43. The van der Waals surface area contributed by atoms with Crippen molar-refractivity contribution < 1.29 is 19.6 Å². The summed E-state index contributed by atoms with van der Waals surface area (Å²) in [5, 5.41) is 13.6. The summed E-state index contributed by atoms with van der Waals surface area (Å²) < 4.78 is 0. The lowest BCUT2D eigenvalue weighted by atomic mass is 9.95. The number of ketones is 1. The van der Waals surface area contributed by atoms with Crippen molar-refractivity contribution in [2.24, 2.45) is 0 Å². The van der Waals surface area contributed by atoms with Gasteiger partial charge in [-0.3, -0.25) is 14.6 Å². The summed E-state index contributed by atoms with van der Waals surface area (Å²) in [6, 6.07) is 9.29. The maximum atomic E-state index is 13.1. The quantitative estimate of drug-likeness (QED) is 0.436. The molecule has 1 saturated heterocycles. The first-order chi connectivity index (χ1) is 13.4. The van der Waals surface area contributed by atoms with E-state index in [2.05, 4.69) is 4.98 Å². The van der Waals surface area contributed by atoms with Crippen LogP contribution < -0.4 is 10.0 Å². The molecule has 28 heavy (non-hydrogen) atoms. The Morgan fingerprint density at radius 1 is 1.21 bits per heavy atom. The fraction of sp³-hybridized carbons (Fsp3) is 0.286. The molecule has 0 aliphatic carbocycles. The average Bonchev–Trinajstić information content (AvgIpc) is 2.93. The maximum absolute atomic E-state index is 13.1. The number of likely N-dealkylation sites (tertiary alicyclic amines) is 1. The molecule has 2 heterocycles. The highest BCUT2D eigenvalue weighted by atomic mass is 35.5. The zero-order valence-corrected chi connectivity index (χ0v) is 16.6. The van der Waals surface area contributed by atoms with Crippen LogP contribution in [-0.2, 0) is 9.59 Å². The molecule has 146 valence electrons. The minimum Gasteiger partial charge on any atom is -0.872 e. The molecule has 1 aromatic carbocycles. The van der Waals surface area contributed by atoms with Crippen molar-refractivity contribution in [2.45, 2.75) is 12.5 Å². The van der Waals surface area contributed by atoms with E-state index in [0.717, 1.165) is 13.0 Å². The summed E-state index contributed by atoms with van der Waals surface area (Å²) in [4.78, 5) is 32.2. The van der Waals surface area contributed by atoms with Gasteiger partial charge >= 0.3 is 0 Å². The van der Waals surface area contributed by atoms with Crippen LogP contribution in [0, 0.1) is 0 Å². The van der Waals surface area contributed by atoms with Crippen LogP contribution in [0.1, 0.15) is 23.6 Å². The largest absolute Gasteiger partial charge is 0.872 e. The smallest absolute Gasteiger partial charge is 0.295 e. The third kappa shape index (κ3) is 4.08. The third-order valence-corrected chi connectivity index (χ3v) is 4.95. The minimum absolute atomic E-state index is 0.0318. The van der Waals surface area contributed by atoms with Gasteiger partial charge in [0.15, 0.2) is 0 Å². The van der Waals surface area contributed by atoms with Crippen LogP contribution >= 0.6 is 11.6 Å². The SMILES string of the molecule is C[NH+](C)CCCN1C(=O)C(=O)C(=C([O-])c2ccncc2)C1c1cccc(Cl)c1. The lowest BCUT2D eigenvalue weighted by molar-refractivity contribution is -0.858. The summed E-state index contributed by atoms with van der Waals surface area (Å²) in [7, 11) is 4.05. The number of hydrogen-bond donors (Lipinski definition) is 1. The number of Topliss-reactive ketones (excluding diaryl/α,β-unsaturated/α-hetero) is 1. The van der Waals surface area contributed by atoms with Gasteiger partial charge < -0.3 is 14.9 Å². The first-order valence-corrected chi connectivity index (χ1v) is 9.49. The number of pyridine rings is 1. The van der Waals surface area contributed by atoms with E-state index in [1.807, 2.05) is 14.1 Å². The van der Waals surface area contributed by atoms with Gasteiger partial charge in [-0.2, -0.15) is 0 Å². The molecule has 1 fully saturated rings. The number of halogens is 1. The van der Waals surface area contributed by atoms with Gasteiger partial charge in [-0.15, -0.1) is 0 Å². The molecule has 7 heteroatoms. The molecule has 6 nitrogen and oxygen atoms in total. The Morgan fingerprint density at radius 3 is 2.57 bits per heavy atom. The zero-order chi connectivity index (χ0) is 20.3. The van der Waals surface area contributed by atoms with E-state index in [1.165, 1.54) is 22.2 Å². The number of hydrogen-bond acceptors (Lipinski definition) is 4. The van der Waals surface area contributed by atoms with Crippen molar-refractivity contribution in [1.82, 2.24) is 9.88 Å². The topological polar surface area (TPSA) is 77.8 Å². The first-order valence-electron chi connectivity index (χ1n) is 9.11. The summed E-state index contributed by atoms with van der Waals surface area (Å²) in [6.07, 6.45) is 3.69. The van der Waals surface area contributed by atoms with Crippen LogP contribution in [0.15, 0.2) is 54.4 Å².